The fraction of sp³-hybridized carbons (Fsp3) is 0.182. The van der Waals surface area contributed by atoms with Crippen LogP contribution < -0.4 is 0 Å². The Kier molecular flexibility index (Phi) is 5.55. The molecule has 0 N–H and O–H groups in total. The van der Waals surface area contributed by atoms with Gasteiger partial charge in [0.25, 0.3) is 0 Å². The maximum atomic E-state index is 2.33. The van der Waals surface area contributed by atoms with Gasteiger partial charge in [-0.15, -0.1) is 0 Å². The fourth-order valence-corrected chi connectivity index (χ4v) is 5.08. The Morgan fingerprint density at radius 1 is 0.609 bits per heavy atom. The molecule has 0 aliphatic rings. The molecule has 0 amide bonds. The molecular formula is C22H24S. The number of hydrogen-bond acceptors (Lipinski definition) is 0. The van der Waals surface area contributed by atoms with Gasteiger partial charge in [-0.2, -0.15) is 10.9 Å². The van der Waals surface area contributed by atoms with Gasteiger partial charge in [-0.1, -0.05) is 61.9 Å². The maximum Gasteiger partial charge on any atom is -0.00450 e. The molecule has 0 fully saturated rings. The van der Waals surface area contributed by atoms with E-state index in [1.807, 2.05) is 0 Å². The third-order valence-electron chi connectivity index (χ3n) is 4.04. The van der Waals surface area contributed by atoms with Gasteiger partial charge in [0.2, 0.25) is 0 Å². The Labute approximate surface area is 142 Å². The maximum absolute atomic E-state index is 2.33. The molecule has 1 heteroatoms. The fourth-order valence-electron chi connectivity index (χ4n) is 2.79. The summed E-state index contributed by atoms with van der Waals surface area (Å²) in [6, 6.07) is 31.1. The van der Waals surface area contributed by atoms with Crippen molar-refractivity contribution in [1.29, 1.82) is 0 Å². The van der Waals surface area contributed by atoms with Crippen LogP contribution in [-0.2, 0) is 6.42 Å². The van der Waals surface area contributed by atoms with Gasteiger partial charge in [0.1, 0.15) is 0 Å². The summed E-state index contributed by atoms with van der Waals surface area (Å²) in [5, 5.41) is 0. The second-order valence-corrected chi connectivity index (χ2v) is 8.00. The van der Waals surface area contributed by atoms with Gasteiger partial charge >= 0.3 is 0 Å². The normalized spacial score (nSPS) is 11.3. The number of aryl methyl sites for hydroxylation is 1. The highest BCUT2D eigenvalue weighted by Gasteiger charge is 2.12. The topological polar surface area (TPSA) is 0 Å². The van der Waals surface area contributed by atoms with Gasteiger partial charge in [-0.05, 0) is 69.5 Å². The van der Waals surface area contributed by atoms with Crippen LogP contribution in [-0.4, -0.2) is 0 Å². The van der Waals surface area contributed by atoms with E-state index in [1.54, 1.807) is 0 Å². The van der Waals surface area contributed by atoms with Crippen molar-refractivity contribution in [2.75, 3.05) is 0 Å². The zero-order valence-electron chi connectivity index (χ0n) is 13.7. The van der Waals surface area contributed by atoms with Crippen LogP contribution in [0.25, 0.3) is 0 Å². The molecule has 3 aromatic rings. The first kappa shape index (κ1) is 15.9. The van der Waals surface area contributed by atoms with E-state index in [-0.39, 0.29) is 0 Å². The zero-order valence-corrected chi connectivity index (χ0v) is 14.5. The number of thiol groups is 1. The van der Waals surface area contributed by atoms with Crippen molar-refractivity contribution < 1.29 is 0 Å². The summed E-state index contributed by atoms with van der Waals surface area (Å²) < 4.78 is 0. The van der Waals surface area contributed by atoms with Crippen molar-refractivity contribution in [1.82, 2.24) is 0 Å². The van der Waals surface area contributed by atoms with Crippen molar-refractivity contribution >= 4 is 10.9 Å². The van der Waals surface area contributed by atoms with E-state index in [0.717, 1.165) is 0 Å². The monoisotopic (exact) mass is 320 g/mol. The number of rotatable bonds is 6. The molecule has 0 heterocycles. The molecule has 0 aromatic heterocycles. The van der Waals surface area contributed by atoms with Crippen LogP contribution in [0.2, 0.25) is 0 Å². The Morgan fingerprint density at radius 3 is 1.57 bits per heavy atom. The highest BCUT2D eigenvalue weighted by atomic mass is 32.2. The van der Waals surface area contributed by atoms with Gasteiger partial charge in [0, 0.05) is 0 Å². The van der Waals surface area contributed by atoms with E-state index in [2.05, 4.69) is 91.9 Å². The largest absolute Gasteiger partial charge is 0.173 e. The lowest BCUT2D eigenvalue weighted by Crippen LogP contribution is -1.90. The highest BCUT2D eigenvalue weighted by molar-refractivity contribution is 8.17. The van der Waals surface area contributed by atoms with Crippen molar-refractivity contribution in [3.8, 4) is 0 Å². The van der Waals surface area contributed by atoms with Gasteiger partial charge in [0.15, 0.2) is 0 Å². The molecule has 118 valence electrons. The summed E-state index contributed by atoms with van der Waals surface area (Å²) in [4.78, 5) is 4.25. The molecule has 0 radical (unpaired) electrons. The lowest BCUT2D eigenvalue weighted by Gasteiger charge is -2.23. The summed E-state index contributed by atoms with van der Waals surface area (Å²) >= 11 is 0. The Hall–Kier alpha value is -1.99. The molecule has 0 atom stereocenters. The third-order valence-corrected chi connectivity index (χ3v) is 6.49. The van der Waals surface area contributed by atoms with E-state index in [4.69, 9.17) is 0 Å². The predicted molar refractivity (Wildman–Crippen MR) is 102 cm³/mol. The smallest absolute Gasteiger partial charge is 0.00450 e. The minimum atomic E-state index is -0.471. The van der Waals surface area contributed by atoms with Crippen LogP contribution in [0.1, 0.15) is 25.3 Å². The van der Waals surface area contributed by atoms with E-state index in [1.165, 1.54) is 39.5 Å². The average molecular weight is 321 g/mol. The molecule has 0 aliphatic carbocycles. The second kappa shape index (κ2) is 8.03. The molecule has 3 rings (SSSR count). The van der Waals surface area contributed by atoms with E-state index in [9.17, 15) is 0 Å². The molecule has 0 saturated carbocycles. The van der Waals surface area contributed by atoms with Crippen LogP contribution in [0.5, 0.6) is 0 Å². The molecule has 0 nitrogen and oxygen atoms in total. The molecule has 23 heavy (non-hydrogen) atoms. The van der Waals surface area contributed by atoms with Crippen molar-refractivity contribution in [2.45, 2.75) is 40.9 Å². The minimum absolute atomic E-state index is 0.471. The Bertz CT molecular complexity index is 662. The van der Waals surface area contributed by atoms with E-state index >= 15 is 0 Å². The Morgan fingerprint density at radius 2 is 1.09 bits per heavy atom. The summed E-state index contributed by atoms with van der Waals surface area (Å²) in [5.41, 5.74) is 1.45. The molecule has 0 bridgehead atoms. The number of hydrogen-bond donors (Lipinski definition) is 1. The predicted octanol–water partition coefficient (Wildman–Crippen LogP) is 6.51. The molecule has 0 unspecified atom stereocenters. The Balaban J connectivity index is 1.96. The van der Waals surface area contributed by atoms with Crippen molar-refractivity contribution in [2.24, 2.45) is 0 Å². The van der Waals surface area contributed by atoms with Crippen LogP contribution in [0.3, 0.4) is 0 Å². The van der Waals surface area contributed by atoms with Crippen LogP contribution in [0, 0.1) is 0 Å². The van der Waals surface area contributed by atoms with Gasteiger partial charge < -0.3 is 0 Å². The molecule has 0 saturated heterocycles. The molecule has 0 spiro atoms. The molecule has 0 aliphatic heterocycles. The summed E-state index contributed by atoms with van der Waals surface area (Å²) in [6.07, 6.45) is 3.71. The lowest BCUT2D eigenvalue weighted by molar-refractivity contribution is 0.794. The number of benzene rings is 3. The zero-order chi connectivity index (χ0) is 15.9. The first-order valence-electron chi connectivity index (χ1n) is 8.37. The quantitative estimate of drug-likeness (QED) is 0.492. The highest BCUT2D eigenvalue weighted by Crippen LogP contribution is 2.50. The van der Waals surface area contributed by atoms with E-state index < -0.39 is 10.9 Å². The molecule has 3 aromatic carbocycles. The standard InChI is InChI=1S/C22H24S/c1-2-3-10-19-15-17-22(18-16-19)23(20-11-6-4-7-12-20)21-13-8-5-9-14-21/h4-9,11-18,23H,2-3,10H2,1H3. The molecular weight excluding hydrogens is 296 g/mol. The van der Waals surface area contributed by atoms with Crippen LogP contribution >= 0.6 is 10.9 Å². The van der Waals surface area contributed by atoms with Gasteiger partial charge in [0.05, 0.1) is 0 Å². The lowest BCUT2D eigenvalue weighted by atomic mass is 10.1. The first-order valence-corrected chi connectivity index (χ1v) is 9.72. The van der Waals surface area contributed by atoms with E-state index in [0.29, 0.717) is 0 Å². The van der Waals surface area contributed by atoms with Gasteiger partial charge in [-0.3, -0.25) is 0 Å². The first-order chi connectivity index (χ1) is 11.4. The number of unbranched alkanes of at least 4 members (excludes halogenated alkanes) is 1. The SMILES string of the molecule is CCCCc1ccc([SH](c2ccccc2)c2ccccc2)cc1. The van der Waals surface area contributed by atoms with Crippen LogP contribution in [0.15, 0.2) is 99.6 Å². The van der Waals surface area contributed by atoms with Crippen molar-refractivity contribution in [3.05, 3.63) is 90.5 Å². The van der Waals surface area contributed by atoms with Gasteiger partial charge in [-0.25, -0.2) is 0 Å². The van der Waals surface area contributed by atoms with Crippen LogP contribution in [0.4, 0.5) is 0 Å². The summed E-state index contributed by atoms with van der Waals surface area (Å²) in [6.45, 7) is 2.25. The second-order valence-electron chi connectivity index (χ2n) is 5.78. The van der Waals surface area contributed by atoms with Crippen molar-refractivity contribution in [3.63, 3.8) is 0 Å². The summed E-state index contributed by atoms with van der Waals surface area (Å²) in [5.74, 6) is 0. The summed E-state index contributed by atoms with van der Waals surface area (Å²) in [7, 11) is -0.471. The minimum Gasteiger partial charge on any atom is -0.173 e. The average Bonchev–Trinajstić information content (AvgIpc) is 2.63. The third kappa shape index (κ3) is 4.05.